The van der Waals surface area contributed by atoms with E-state index in [1.165, 1.54) is 12.4 Å². The van der Waals surface area contributed by atoms with Gasteiger partial charge in [-0.05, 0) is 24.6 Å². The van der Waals surface area contributed by atoms with E-state index in [1.54, 1.807) is 18.3 Å². The lowest BCUT2D eigenvalue weighted by molar-refractivity contribution is -0.137. The van der Waals surface area contributed by atoms with Crippen LogP contribution in [0.3, 0.4) is 0 Å². The first-order chi connectivity index (χ1) is 13.9. The molecular formula is C19H17F3N6O. The van der Waals surface area contributed by atoms with E-state index < -0.39 is 11.7 Å². The highest BCUT2D eigenvalue weighted by molar-refractivity contribution is 5.99. The highest BCUT2D eigenvalue weighted by atomic mass is 19.4. The summed E-state index contributed by atoms with van der Waals surface area (Å²) in [6, 6.07) is 7.24. The van der Waals surface area contributed by atoms with Crippen molar-refractivity contribution >= 4 is 28.4 Å². The average Bonchev–Trinajstić information content (AvgIpc) is 3.16. The number of alkyl halides is 3. The maximum atomic E-state index is 12.7. The van der Waals surface area contributed by atoms with Gasteiger partial charge in [0.05, 0.1) is 16.8 Å². The summed E-state index contributed by atoms with van der Waals surface area (Å²) in [6.45, 7) is 1.05. The number of hydrogen-bond donors (Lipinski definition) is 2. The van der Waals surface area contributed by atoms with Crippen LogP contribution in [-0.2, 0) is 6.18 Å². The minimum Gasteiger partial charge on any atom is -0.354 e. The molecule has 150 valence electrons. The Balaban J connectivity index is 1.37. The Morgan fingerprint density at radius 3 is 2.76 bits per heavy atom. The van der Waals surface area contributed by atoms with E-state index in [0.29, 0.717) is 36.5 Å². The third-order valence-corrected chi connectivity index (χ3v) is 4.71. The second-order valence-corrected chi connectivity index (χ2v) is 6.70. The molecule has 0 spiro atoms. The lowest BCUT2D eigenvalue weighted by Crippen LogP contribution is -2.39. The van der Waals surface area contributed by atoms with Crippen LogP contribution >= 0.6 is 0 Å². The fourth-order valence-corrected chi connectivity index (χ4v) is 3.29. The predicted molar refractivity (Wildman–Crippen MR) is 102 cm³/mol. The summed E-state index contributed by atoms with van der Waals surface area (Å²) >= 11 is 0. The van der Waals surface area contributed by atoms with Gasteiger partial charge in [0.2, 0.25) is 0 Å². The molecule has 2 N–H and O–H groups in total. The van der Waals surface area contributed by atoms with Crippen LogP contribution in [0.25, 0.3) is 10.9 Å². The van der Waals surface area contributed by atoms with E-state index in [-0.39, 0.29) is 12.1 Å². The van der Waals surface area contributed by atoms with Crippen molar-refractivity contribution in [1.82, 2.24) is 20.3 Å². The summed E-state index contributed by atoms with van der Waals surface area (Å²) in [5.74, 6) is 0.452. The van der Waals surface area contributed by atoms with Crippen LogP contribution in [0.2, 0.25) is 0 Å². The number of rotatable bonds is 3. The number of halogens is 3. The van der Waals surface area contributed by atoms with Crippen molar-refractivity contribution in [3.63, 3.8) is 0 Å². The Morgan fingerprint density at radius 2 is 2.00 bits per heavy atom. The number of urea groups is 1. The number of pyridine rings is 1. The number of nitrogens with one attached hydrogen (secondary N) is 2. The van der Waals surface area contributed by atoms with E-state index >= 15 is 0 Å². The van der Waals surface area contributed by atoms with Gasteiger partial charge in [-0.15, -0.1) is 0 Å². The molecule has 1 saturated heterocycles. The standard InChI is InChI=1S/C19H17F3N6O/c20-19(21,22)13-4-5-16(24-9-13)28-7-6-14(10-28)26-18(29)27-15-3-1-2-12-8-23-11-25-17(12)15/h1-5,8-9,11,14H,6-7,10H2,(H2,26,27,29). The monoisotopic (exact) mass is 402 g/mol. The van der Waals surface area contributed by atoms with E-state index in [9.17, 15) is 18.0 Å². The first-order valence-corrected chi connectivity index (χ1v) is 8.94. The van der Waals surface area contributed by atoms with Crippen molar-refractivity contribution in [3.8, 4) is 0 Å². The third-order valence-electron chi connectivity index (χ3n) is 4.71. The maximum absolute atomic E-state index is 12.7. The molecule has 4 rings (SSSR count). The summed E-state index contributed by atoms with van der Waals surface area (Å²) in [5.41, 5.74) is 0.426. The number of anilines is 2. The van der Waals surface area contributed by atoms with Gasteiger partial charge in [0, 0.05) is 36.9 Å². The predicted octanol–water partition coefficient (Wildman–Crippen LogP) is 3.44. The van der Waals surface area contributed by atoms with Crippen molar-refractivity contribution in [2.45, 2.75) is 18.6 Å². The van der Waals surface area contributed by atoms with Gasteiger partial charge >= 0.3 is 12.2 Å². The van der Waals surface area contributed by atoms with Gasteiger partial charge in [-0.1, -0.05) is 12.1 Å². The second-order valence-electron chi connectivity index (χ2n) is 6.70. The second kappa shape index (κ2) is 7.53. The summed E-state index contributed by atoms with van der Waals surface area (Å²) in [6.07, 6.45) is 0.152. The average molecular weight is 402 g/mol. The maximum Gasteiger partial charge on any atom is 0.417 e. The SMILES string of the molecule is O=C(Nc1cccc2cncnc12)NC1CCN(c2ccc(C(F)(F)F)cn2)C1. The van der Waals surface area contributed by atoms with Gasteiger partial charge in [0.25, 0.3) is 0 Å². The van der Waals surface area contributed by atoms with Crippen LogP contribution in [0.5, 0.6) is 0 Å². The number of benzene rings is 1. The van der Waals surface area contributed by atoms with Crippen LogP contribution in [0.15, 0.2) is 49.1 Å². The zero-order valence-corrected chi connectivity index (χ0v) is 15.1. The molecule has 0 radical (unpaired) electrons. The topological polar surface area (TPSA) is 83.0 Å². The zero-order valence-electron chi connectivity index (χ0n) is 15.1. The Hall–Kier alpha value is -3.43. The summed E-state index contributed by atoms with van der Waals surface area (Å²) in [7, 11) is 0. The third kappa shape index (κ3) is 4.20. The highest BCUT2D eigenvalue weighted by Crippen LogP contribution is 2.30. The minimum absolute atomic E-state index is 0.149. The zero-order chi connectivity index (χ0) is 20.4. The molecule has 1 aliphatic heterocycles. The molecular weight excluding hydrogens is 385 g/mol. The number of carbonyl (C=O) groups is 1. The Labute approximate surface area is 164 Å². The Bertz CT molecular complexity index is 1020. The van der Waals surface area contributed by atoms with Crippen LogP contribution in [0.4, 0.5) is 29.5 Å². The number of fused-ring (bicyclic) bond motifs is 1. The Morgan fingerprint density at radius 1 is 1.14 bits per heavy atom. The molecule has 0 bridgehead atoms. The molecule has 1 unspecified atom stereocenters. The fraction of sp³-hybridized carbons (Fsp3) is 0.263. The molecule has 1 atom stereocenters. The molecule has 10 heteroatoms. The van der Waals surface area contributed by atoms with Crippen LogP contribution < -0.4 is 15.5 Å². The van der Waals surface area contributed by atoms with Gasteiger partial charge in [-0.3, -0.25) is 0 Å². The van der Waals surface area contributed by atoms with E-state index in [1.807, 2.05) is 11.0 Å². The van der Waals surface area contributed by atoms with Gasteiger partial charge in [0.1, 0.15) is 12.1 Å². The number of carbonyl (C=O) groups excluding carboxylic acids is 1. The van der Waals surface area contributed by atoms with E-state index in [2.05, 4.69) is 25.6 Å². The minimum atomic E-state index is -4.41. The number of nitrogens with zero attached hydrogens (tertiary/aromatic N) is 4. The fourth-order valence-electron chi connectivity index (χ4n) is 3.29. The first-order valence-electron chi connectivity index (χ1n) is 8.94. The molecule has 2 amide bonds. The number of aromatic nitrogens is 3. The van der Waals surface area contributed by atoms with E-state index in [0.717, 1.165) is 17.6 Å². The largest absolute Gasteiger partial charge is 0.417 e. The normalized spacial score (nSPS) is 16.8. The van der Waals surface area contributed by atoms with Crippen molar-refractivity contribution < 1.29 is 18.0 Å². The molecule has 7 nitrogen and oxygen atoms in total. The molecule has 0 aliphatic carbocycles. The number of hydrogen-bond acceptors (Lipinski definition) is 5. The van der Waals surface area contributed by atoms with Crippen molar-refractivity contribution in [2.24, 2.45) is 0 Å². The van der Waals surface area contributed by atoms with Gasteiger partial charge in [0.15, 0.2) is 0 Å². The first kappa shape index (κ1) is 18.9. The molecule has 2 aromatic heterocycles. The van der Waals surface area contributed by atoms with E-state index in [4.69, 9.17) is 0 Å². The van der Waals surface area contributed by atoms with Gasteiger partial charge in [-0.2, -0.15) is 13.2 Å². The van der Waals surface area contributed by atoms with Crippen molar-refractivity contribution in [2.75, 3.05) is 23.3 Å². The lowest BCUT2D eigenvalue weighted by Gasteiger charge is -2.19. The smallest absolute Gasteiger partial charge is 0.354 e. The van der Waals surface area contributed by atoms with Crippen LogP contribution in [0.1, 0.15) is 12.0 Å². The molecule has 3 heterocycles. The van der Waals surface area contributed by atoms with Gasteiger partial charge in [-0.25, -0.2) is 19.7 Å². The molecule has 1 aliphatic rings. The molecule has 3 aromatic rings. The molecule has 1 aromatic carbocycles. The highest BCUT2D eigenvalue weighted by Gasteiger charge is 2.31. The number of amides is 2. The molecule has 29 heavy (non-hydrogen) atoms. The van der Waals surface area contributed by atoms with Crippen LogP contribution in [-0.4, -0.2) is 40.1 Å². The molecule has 0 saturated carbocycles. The lowest BCUT2D eigenvalue weighted by atomic mass is 10.2. The van der Waals surface area contributed by atoms with Crippen LogP contribution in [0, 0.1) is 0 Å². The van der Waals surface area contributed by atoms with Crippen molar-refractivity contribution in [3.05, 3.63) is 54.6 Å². The summed E-state index contributed by atoms with van der Waals surface area (Å²) < 4.78 is 38.0. The summed E-state index contributed by atoms with van der Waals surface area (Å²) in [5, 5.41) is 6.49. The number of para-hydroxylation sites is 1. The Kier molecular flexibility index (Phi) is 4.91. The molecule has 1 fully saturated rings. The van der Waals surface area contributed by atoms with Gasteiger partial charge < -0.3 is 15.5 Å². The van der Waals surface area contributed by atoms with Crippen molar-refractivity contribution in [1.29, 1.82) is 0 Å². The quantitative estimate of drug-likeness (QED) is 0.701. The summed E-state index contributed by atoms with van der Waals surface area (Å²) in [4.78, 5) is 26.3.